The molecule has 1 N–H and O–H groups in total. The minimum absolute atomic E-state index is 0.178. The summed E-state index contributed by atoms with van der Waals surface area (Å²) in [7, 11) is 0. The smallest absolute Gasteiger partial charge is 0.303 e. The van der Waals surface area contributed by atoms with Crippen molar-refractivity contribution < 1.29 is 33.7 Å². The van der Waals surface area contributed by atoms with E-state index in [9.17, 15) is 19.5 Å². The van der Waals surface area contributed by atoms with Crippen LogP contribution in [-0.2, 0) is 28.6 Å². The van der Waals surface area contributed by atoms with Gasteiger partial charge in [-0.1, -0.05) is 0 Å². The maximum atomic E-state index is 11.2. The number of ether oxygens (including phenoxy) is 3. The third kappa shape index (κ3) is 4.64. The molecular weight excluding hydrogens is 356 g/mol. The van der Waals surface area contributed by atoms with Crippen molar-refractivity contribution in [3.05, 3.63) is 0 Å². The summed E-state index contributed by atoms with van der Waals surface area (Å²) in [6.07, 6.45) is -3.11. The Balaban J connectivity index is 3.02. The van der Waals surface area contributed by atoms with Crippen LogP contribution in [0.4, 0.5) is 0 Å². The normalized spacial score (nSPS) is 33.1. The maximum Gasteiger partial charge on any atom is 0.303 e. The van der Waals surface area contributed by atoms with Gasteiger partial charge < -0.3 is 19.3 Å². The Kier molecular flexibility index (Phi) is 5.84. The van der Waals surface area contributed by atoms with E-state index in [1.165, 1.54) is 13.8 Å². The van der Waals surface area contributed by atoms with Crippen molar-refractivity contribution >= 4 is 45.6 Å². The minimum atomic E-state index is -1.63. The van der Waals surface area contributed by atoms with Crippen LogP contribution in [0.2, 0.25) is 0 Å². The van der Waals surface area contributed by atoms with Gasteiger partial charge in [0.25, 0.3) is 0 Å². The Hall–Kier alpha value is -0.800. The van der Waals surface area contributed by atoms with Crippen molar-refractivity contribution in [3.63, 3.8) is 0 Å². The van der Waals surface area contributed by atoms with Gasteiger partial charge in [-0.15, -0.1) is 11.8 Å². The number of carbonyl (C=O) groups is 3. The van der Waals surface area contributed by atoms with Crippen LogP contribution in [0, 0.1) is 0 Å². The average molecular weight is 371 g/mol. The molecule has 114 valence electrons. The maximum absolute atomic E-state index is 11.2. The quantitative estimate of drug-likeness (QED) is 0.437. The zero-order valence-corrected chi connectivity index (χ0v) is 13.5. The first-order chi connectivity index (χ1) is 9.13. The molecule has 1 rings (SSSR count). The van der Waals surface area contributed by atoms with Gasteiger partial charge in [0.1, 0.15) is 0 Å². The van der Waals surface area contributed by atoms with E-state index >= 15 is 0 Å². The van der Waals surface area contributed by atoms with Gasteiger partial charge in [-0.3, -0.25) is 14.4 Å². The molecular formula is C11H15BrO7S. The number of carbonyl (C=O) groups excluding carboxylic acids is 3. The molecule has 0 bridgehead atoms. The van der Waals surface area contributed by atoms with Gasteiger partial charge in [-0.2, -0.15) is 0 Å². The Morgan fingerprint density at radius 2 is 1.60 bits per heavy atom. The summed E-state index contributed by atoms with van der Waals surface area (Å²) < 4.78 is 13.5. The third-order valence-corrected chi connectivity index (χ3v) is 4.65. The van der Waals surface area contributed by atoms with E-state index in [2.05, 4.69) is 15.9 Å². The van der Waals surface area contributed by atoms with Crippen LogP contribution in [0.3, 0.4) is 0 Å². The number of hydrogen-bond acceptors (Lipinski definition) is 8. The SMILES string of the molecule is CC(=O)O[C@@H]1[C@@H](OC(C)=O)C(O)(Br)SC[C@H]1OC(C)=O. The lowest BCUT2D eigenvalue weighted by molar-refractivity contribution is -0.189. The average Bonchev–Trinajstić information content (AvgIpc) is 2.26. The van der Waals surface area contributed by atoms with Gasteiger partial charge in [0.2, 0.25) is 3.84 Å². The lowest BCUT2D eigenvalue weighted by Gasteiger charge is -2.42. The molecule has 0 radical (unpaired) electrons. The second-order valence-corrected chi connectivity index (χ2v) is 7.15. The Bertz CT molecular complexity index is 412. The first kappa shape index (κ1) is 17.3. The second kappa shape index (κ2) is 6.77. The largest absolute Gasteiger partial charge is 0.458 e. The van der Waals surface area contributed by atoms with Crippen LogP contribution >= 0.6 is 27.7 Å². The van der Waals surface area contributed by atoms with Gasteiger partial charge in [-0.05, 0) is 15.9 Å². The summed E-state index contributed by atoms with van der Waals surface area (Å²) in [4.78, 5) is 33.4. The number of alkyl halides is 1. The summed E-state index contributed by atoms with van der Waals surface area (Å²) in [6, 6.07) is 0. The highest BCUT2D eigenvalue weighted by molar-refractivity contribution is 9.11. The van der Waals surface area contributed by atoms with Gasteiger partial charge in [0.15, 0.2) is 18.3 Å². The van der Waals surface area contributed by atoms with Crippen molar-refractivity contribution in [1.82, 2.24) is 0 Å². The standard InChI is InChI=1S/C11H15BrO7S/c1-5(13)17-8-4-20-11(12,16)10(19-7(3)15)9(8)18-6(2)14/h8-10,16H,4H2,1-3H3/t8-,9+,10-,11?/m1/s1. The van der Waals surface area contributed by atoms with Crippen molar-refractivity contribution in [2.75, 3.05) is 5.75 Å². The molecule has 20 heavy (non-hydrogen) atoms. The number of aliphatic hydroxyl groups is 1. The predicted octanol–water partition coefficient (Wildman–Crippen LogP) is 0.569. The number of hydrogen-bond donors (Lipinski definition) is 1. The molecule has 1 saturated heterocycles. The fourth-order valence-corrected chi connectivity index (χ4v) is 3.49. The summed E-state index contributed by atoms with van der Waals surface area (Å²) >= 11 is 4.00. The Morgan fingerprint density at radius 3 is 2.05 bits per heavy atom. The van der Waals surface area contributed by atoms with Crippen molar-refractivity contribution in [1.29, 1.82) is 0 Å². The van der Waals surface area contributed by atoms with Gasteiger partial charge in [0, 0.05) is 26.5 Å². The molecule has 0 aliphatic carbocycles. The number of esters is 3. The van der Waals surface area contributed by atoms with E-state index in [1.807, 2.05) is 0 Å². The topological polar surface area (TPSA) is 99.1 Å². The summed E-state index contributed by atoms with van der Waals surface area (Å²) in [6.45, 7) is 3.55. The highest BCUT2D eigenvalue weighted by Crippen LogP contribution is 2.43. The highest BCUT2D eigenvalue weighted by Gasteiger charge is 2.53. The lowest BCUT2D eigenvalue weighted by atomic mass is 10.1. The van der Waals surface area contributed by atoms with Crippen molar-refractivity contribution in [2.45, 2.75) is 42.9 Å². The minimum Gasteiger partial charge on any atom is -0.458 e. The van der Waals surface area contributed by atoms with E-state index in [0.717, 1.165) is 18.7 Å². The number of rotatable bonds is 3. The Labute approximate surface area is 128 Å². The molecule has 0 aromatic carbocycles. The van der Waals surface area contributed by atoms with Crippen molar-refractivity contribution in [3.8, 4) is 0 Å². The molecule has 1 aliphatic heterocycles. The van der Waals surface area contributed by atoms with E-state index < -0.39 is 40.1 Å². The van der Waals surface area contributed by atoms with Gasteiger partial charge in [0.05, 0.1) is 0 Å². The molecule has 1 fully saturated rings. The molecule has 1 heterocycles. The summed E-state index contributed by atoms with van der Waals surface area (Å²) in [5, 5.41) is 10.2. The first-order valence-corrected chi connectivity index (χ1v) is 7.48. The van der Waals surface area contributed by atoms with Crippen LogP contribution in [0.15, 0.2) is 0 Å². The molecule has 7 nitrogen and oxygen atoms in total. The van der Waals surface area contributed by atoms with Crippen LogP contribution < -0.4 is 0 Å². The first-order valence-electron chi connectivity index (χ1n) is 5.70. The molecule has 0 saturated carbocycles. The van der Waals surface area contributed by atoms with E-state index in [0.29, 0.717) is 0 Å². The lowest BCUT2D eigenvalue weighted by Crippen LogP contribution is -2.57. The molecule has 1 aliphatic rings. The molecule has 1 unspecified atom stereocenters. The van der Waals surface area contributed by atoms with Crippen LogP contribution in [-0.4, -0.2) is 50.9 Å². The fourth-order valence-electron chi connectivity index (χ4n) is 1.74. The predicted molar refractivity (Wildman–Crippen MR) is 73.0 cm³/mol. The van der Waals surface area contributed by atoms with Crippen molar-refractivity contribution in [2.24, 2.45) is 0 Å². The van der Waals surface area contributed by atoms with E-state index in [1.54, 1.807) is 0 Å². The zero-order valence-electron chi connectivity index (χ0n) is 11.1. The monoisotopic (exact) mass is 370 g/mol. The fraction of sp³-hybridized carbons (Fsp3) is 0.727. The Morgan fingerprint density at radius 1 is 1.10 bits per heavy atom. The molecule has 9 heteroatoms. The van der Waals surface area contributed by atoms with Crippen LogP contribution in [0.5, 0.6) is 0 Å². The summed E-state index contributed by atoms with van der Waals surface area (Å²) in [5.41, 5.74) is 0. The summed E-state index contributed by atoms with van der Waals surface area (Å²) in [5.74, 6) is -1.68. The second-order valence-electron chi connectivity index (χ2n) is 4.17. The zero-order chi connectivity index (χ0) is 15.5. The highest BCUT2D eigenvalue weighted by atomic mass is 79.9. The van der Waals surface area contributed by atoms with E-state index in [4.69, 9.17) is 14.2 Å². The molecule has 0 spiro atoms. The third-order valence-electron chi connectivity index (χ3n) is 2.38. The molecule has 0 amide bonds. The van der Waals surface area contributed by atoms with Gasteiger partial charge in [-0.25, -0.2) is 0 Å². The molecule has 4 atom stereocenters. The molecule has 0 aromatic rings. The number of thioether (sulfide) groups is 1. The van der Waals surface area contributed by atoms with Gasteiger partial charge >= 0.3 is 17.9 Å². The van der Waals surface area contributed by atoms with E-state index in [-0.39, 0.29) is 5.75 Å². The van der Waals surface area contributed by atoms with Crippen LogP contribution in [0.25, 0.3) is 0 Å². The molecule has 0 aromatic heterocycles. The van der Waals surface area contributed by atoms with Crippen LogP contribution in [0.1, 0.15) is 20.8 Å². The number of halogens is 1.